The third-order valence-electron chi connectivity index (χ3n) is 5.42. The second-order valence-electron chi connectivity index (χ2n) is 8.87. The van der Waals surface area contributed by atoms with Gasteiger partial charge in [0.2, 0.25) is 0 Å². The summed E-state index contributed by atoms with van der Waals surface area (Å²) in [5.74, 6) is 2.56. The first-order valence-corrected chi connectivity index (χ1v) is 11.0. The number of nitrogens with one attached hydrogen (secondary N) is 1. The van der Waals surface area contributed by atoms with Gasteiger partial charge in [-0.05, 0) is 47.4 Å². The zero-order chi connectivity index (χ0) is 23.4. The van der Waals surface area contributed by atoms with Crippen LogP contribution in [0.1, 0.15) is 42.3 Å². The van der Waals surface area contributed by atoms with E-state index < -0.39 is 0 Å². The minimum absolute atomic E-state index is 0.0496. The predicted octanol–water partition coefficient (Wildman–Crippen LogP) is 5.60. The summed E-state index contributed by atoms with van der Waals surface area (Å²) < 4.78 is 22.8. The first-order chi connectivity index (χ1) is 15.8. The van der Waals surface area contributed by atoms with Crippen LogP contribution >= 0.6 is 0 Å². The largest absolute Gasteiger partial charge is 0.496 e. The molecule has 6 heteroatoms. The summed E-state index contributed by atoms with van der Waals surface area (Å²) in [7, 11) is 1.61. The summed E-state index contributed by atoms with van der Waals surface area (Å²) in [6.07, 6.45) is 0. The Morgan fingerprint density at radius 3 is 2.45 bits per heavy atom. The maximum absolute atomic E-state index is 12.9. The van der Waals surface area contributed by atoms with Gasteiger partial charge in [-0.2, -0.15) is 0 Å². The molecule has 0 spiro atoms. The number of rotatable bonds is 6. The lowest BCUT2D eigenvalue weighted by Gasteiger charge is -2.23. The molecule has 0 radical (unpaired) electrons. The molecule has 1 heterocycles. The van der Waals surface area contributed by atoms with Crippen molar-refractivity contribution in [2.75, 3.05) is 25.6 Å². The second kappa shape index (κ2) is 9.45. The van der Waals surface area contributed by atoms with E-state index in [-0.39, 0.29) is 17.9 Å². The Morgan fingerprint density at radius 2 is 1.70 bits per heavy atom. The van der Waals surface area contributed by atoms with Gasteiger partial charge in [-0.15, -0.1) is 0 Å². The van der Waals surface area contributed by atoms with Crippen molar-refractivity contribution < 1.29 is 23.7 Å². The molecular weight excluding hydrogens is 418 g/mol. The summed E-state index contributed by atoms with van der Waals surface area (Å²) >= 11 is 0. The van der Waals surface area contributed by atoms with Gasteiger partial charge in [-0.1, -0.05) is 39.0 Å². The highest BCUT2D eigenvalue weighted by Crippen LogP contribution is 2.34. The number of methoxy groups -OCH3 is 1. The van der Waals surface area contributed by atoms with E-state index in [4.69, 9.17) is 18.9 Å². The smallest absolute Gasteiger partial charge is 0.255 e. The average molecular weight is 448 g/mol. The van der Waals surface area contributed by atoms with Crippen LogP contribution in [0.15, 0.2) is 60.7 Å². The van der Waals surface area contributed by atoms with E-state index in [1.807, 2.05) is 18.2 Å². The average Bonchev–Trinajstić information content (AvgIpc) is 2.82. The van der Waals surface area contributed by atoms with Gasteiger partial charge in [-0.25, -0.2) is 0 Å². The van der Waals surface area contributed by atoms with Crippen LogP contribution in [-0.2, 0) is 12.0 Å². The molecule has 4 rings (SSSR count). The summed E-state index contributed by atoms with van der Waals surface area (Å²) in [5, 5.41) is 2.92. The van der Waals surface area contributed by atoms with Crippen molar-refractivity contribution in [3.63, 3.8) is 0 Å². The van der Waals surface area contributed by atoms with Gasteiger partial charge < -0.3 is 24.3 Å². The van der Waals surface area contributed by atoms with Gasteiger partial charge in [-0.3, -0.25) is 4.79 Å². The molecule has 0 saturated heterocycles. The number of amides is 1. The molecule has 3 aromatic rings. The molecule has 0 bridgehead atoms. The van der Waals surface area contributed by atoms with Crippen LogP contribution in [-0.4, -0.2) is 26.2 Å². The van der Waals surface area contributed by atoms with Crippen molar-refractivity contribution in [1.82, 2.24) is 0 Å². The minimum Gasteiger partial charge on any atom is -0.496 e. The Labute approximate surface area is 194 Å². The van der Waals surface area contributed by atoms with Gasteiger partial charge in [0.05, 0.1) is 7.11 Å². The van der Waals surface area contributed by atoms with Gasteiger partial charge in [0.15, 0.2) is 11.5 Å². The van der Waals surface area contributed by atoms with E-state index in [0.29, 0.717) is 41.7 Å². The molecule has 0 unspecified atom stereocenters. The number of carbonyl (C=O) groups is 1. The molecule has 172 valence electrons. The fourth-order valence-corrected chi connectivity index (χ4v) is 3.72. The number of carbonyl (C=O) groups excluding carboxylic acids is 1. The highest BCUT2D eigenvalue weighted by molar-refractivity contribution is 6.04. The number of hydrogen-bond acceptors (Lipinski definition) is 5. The molecule has 6 nitrogen and oxygen atoms in total. The highest BCUT2D eigenvalue weighted by atomic mass is 16.6. The third-order valence-corrected chi connectivity index (χ3v) is 5.42. The summed E-state index contributed by atoms with van der Waals surface area (Å²) in [4.78, 5) is 12.9. The Balaban J connectivity index is 1.52. The molecule has 3 aromatic carbocycles. The molecular formula is C27H29NO5. The fraction of sp³-hybridized carbons (Fsp3) is 0.296. The number of anilines is 1. The maximum Gasteiger partial charge on any atom is 0.255 e. The van der Waals surface area contributed by atoms with Crippen LogP contribution in [0.2, 0.25) is 0 Å². The standard InChI is InChI=1S/C27H29NO5/c1-27(2,3)21-7-5-6-8-23(21)33-17-19-15-18(9-11-22(19)30-4)26(29)28-20-10-12-24-25(16-20)32-14-13-31-24/h5-12,15-16H,13-14,17H2,1-4H3,(H,28,29). The molecule has 33 heavy (non-hydrogen) atoms. The number of hydrogen-bond donors (Lipinski definition) is 1. The van der Waals surface area contributed by atoms with Gasteiger partial charge >= 0.3 is 0 Å². The monoisotopic (exact) mass is 447 g/mol. The predicted molar refractivity (Wildman–Crippen MR) is 128 cm³/mol. The number of para-hydroxylation sites is 1. The summed E-state index contributed by atoms with van der Waals surface area (Å²) in [5.41, 5.74) is 3.00. The van der Waals surface area contributed by atoms with Crippen LogP contribution in [0.25, 0.3) is 0 Å². The Kier molecular flexibility index (Phi) is 6.45. The van der Waals surface area contributed by atoms with Crippen molar-refractivity contribution in [3.05, 3.63) is 77.4 Å². The van der Waals surface area contributed by atoms with E-state index >= 15 is 0 Å². The van der Waals surface area contributed by atoms with Crippen molar-refractivity contribution in [1.29, 1.82) is 0 Å². The van der Waals surface area contributed by atoms with E-state index in [0.717, 1.165) is 16.9 Å². The van der Waals surface area contributed by atoms with Crippen LogP contribution < -0.4 is 24.3 Å². The normalized spacial score (nSPS) is 12.7. The topological polar surface area (TPSA) is 66.0 Å². The molecule has 0 aromatic heterocycles. The Bertz CT molecular complexity index is 1150. The number of ether oxygens (including phenoxy) is 4. The molecule has 0 aliphatic carbocycles. The SMILES string of the molecule is COc1ccc(C(=O)Nc2ccc3c(c2)OCCO3)cc1COc1ccccc1C(C)(C)C. The quantitative estimate of drug-likeness (QED) is 0.533. The number of fused-ring (bicyclic) bond motifs is 1. The lowest BCUT2D eigenvalue weighted by atomic mass is 9.86. The molecule has 1 amide bonds. The molecule has 1 aliphatic heterocycles. The molecule has 0 saturated carbocycles. The van der Waals surface area contributed by atoms with E-state index in [1.54, 1.807) is 43.5 Å². The van der Waals surface area contributed by atoms with Gasteiger partial charge in [0.1, 0.15) is 31.3 Å². The van der Waals surface area contributed by atoms with Crippen molar-refractivity contribution >= 4 is 11.6 Å². The molecule has 0 fully saturated rings. The Hall–Kier alpha value is -3.67. The van der Waals surface area contributed by atoms with Crippen molar-refractivity contribution in [2.24, 2.45) is 0 Å². The zero-order valence-corrected chi connectivity index (χ0v) is 19.4. The molecule has 0 atom stereocenters. The minimum atomic E-state index is -0.231. The molecule has 1 N–H and O–H groups in total. The van der Waals surface area contributed by atoms with E-state index in [1.165, 1.54) is 0 Å². The van der Waals surface area contributed by atoms with Crippen molar-refractivity contribution in [2.45, 2.75) is 32.8 Å². The van der Waals surface area contributed by atoms with E-state index in [2.05, 4.69) is 32.2 Å². The lowest BCUT2D eigenvalue weighted by Crippen LogP contribution is -2.16. The van der Waals surface area contributed by atoms with Gasteiger partial charge in [0.25, 0.3) is 5.91 Å². The third kappa shape index (κ3) is 5.22. The second-order valence-corrected chi connectivity index (χ2v) is 8.87. The molecule has 1 aliphatic rings. The summed E-state index contributed by atoms with van der Waals surface area (Å²) in [6, 6.07) is 18.7. The number of benzene rings is 3. The fourth-order valence-electron chi connectivity index (χ4n) is 3.72. The highest BCUT2D eigenvalue weighted by Gasteiger charge is 2.19. The summed E-state index contributed by atoms with van der Waals surface area (Å²) in [6.45, 7) is 7.75. The first kappa shape index (κ1) is 22.5. The Morgan fingerprint density at radius 1 is 0.939 bits per heavy atom. The zero-order valence-electron chi connectivity index (χ0n) is 19.4. The lowest BCUT2D eigenvalue weighted by molar-refractivity contribution is 0.102. The maximum atomic E-state index is 12.9. The van der Waals surface area contributed by atoms with Crippen LogP contribution in [0.5, 0.6) is 23.0 Å². The van der Waals surface area contributed by atoms with Crippen LogP contribution in [0, 0.1) is 0 Å². The van der Waals surface area contributed by atoms with Gasteiger partial charge in [0, 0.05) is 22.9 Å². The first-order valence-electron chi connectivity index (χ1n) is 11.0. The van der Waals surface area contributed by atoms with E-state index in [9.17, 15) is 4.79 Å². The van der Waals surface area contributed by atoms with Crippen LogP contribution in [0.3, 0.4) is 0 Å². The van der Waals surface area contributed by atoms with Crippen LogP contribution in [0.4, 0.5) is 5.69 Å². The van der Waals surface area contributed by atoms with Crippen molar-refractivity contribution in [3.8, 4) is 23.0 Å².